The summed E-state index contributed by atoms with van der Waals surface area (Å²) in [5.74, 6) is -0.259. The number of benzene rings is 1. The van der Waals surface area contributed by atoms with Gasteiger partial charge in [0.05, 0.1) is 6.42 Å². The van der Waals surface area contributed by atoms with Gasteiger partial charge in [0, 0.05) is 28.0 Å². The summed E-state index contributed by atoms with van der Waals surface area (Å²) >= 11 is 4.89. The van der Waals surface area contributed by atoms with Gasteiger partial charge in [-0.3, -0.25) is 4.79 Å². The van der Waals surface area contributed by atoms with Crippen LogP contribution >= 0.6 is 27.3 Å². The number of carbonyl (C=O) groups excluding carboxylic acids is 1. The van der Waals surface area contributed by atoms with Crippen LogP contribution in [-0.2, 0) is 17.8 Å². The molecular weight excluding hydrogens is 341 g/mol. The predicted octanol–water partition coefficient (Wildman–Crippen LogP) is 4.24. The molecular formula is C15H15BrFNOS. The van der Waals surface area contributed by atoms with Gasteiger partial charge in [0.1, 0.15) is 5.82 Å². The van der Waals surface area contributed by atoms with Crippen LogP contribution in [0.4, 0.5) is 4.39 Å². The van der Waals surface area contributed by atoms with Gasteiger partial charge >= 0.3 is 0 Å². The first-order chi connectivity index (χ1) is 9.60. The molecule has 0 saturated heterocycles. The molecule has 0 spiro atoms. The summed E-state index contributed by atoms with van der Waals surface area (Å²) < 4.78 is 14.6. The Kier molecular flexibility index (Phi) is 5.31. The van der Waals surface area contributed by atoms with Gasteiger partial charge in [-0.25, -0.2) is 4.39 Å². The van der Waals surface area contributed by atoms with Crippen LogP contribution in [0.25, 0.3) is 0 Å². The maximum Gasteiger partial charge on any atom is 0.228 e. The van der Waals surface area contributed by atoms with Crippen LogP contribution in [0.15, 0.2) is 40.2 Å². The van der Waals surface area contributed by atoms with Crippen molar-refractivity contribution in [3.8, 4) is 0 Å². The van der Waals surface area contributed by atoms with Crippen molar-refractivity contribution in [2.24, 2.45) is 0 Å². The SMILES string of the molecule is CCN(Cc1cc(Br)ccc1F)C(=O)Cc1cccs1. The Balaban J connectivity index is 2.08. The lowest BCUT2D eigenvalue weighted by Gasteiger charge is -2.21. The third-order valence-electron chi connectivity index (χ3n) is 3.01. The van der Waals surface area contributed by atoms with Crippen molar-refractivity contribution in [2.75, 3.05) is 6.54 Å². The highest BCUT2D eigenvalue weighted by Crippen LogP contribution is 2.18. The van der Waals surface area contributed by atoms with Crippen LogP contribution in [-0.4, -0.2) is 17.4 Å². The standard InChI is InChI=1S/C15H15BrFNOS/c1-2-18(15(19)9-13-4-3-7-20-13)10-11-8-12(16)5-6-14(11)17/h3-8H,2,9-10H2,1H3. The van der Waals surface area contributed by atoms with Crippen molar-refractivity contribution in [1.29, 1.82) is 0 Å². The van der Waals surface area contributed by atoms with Crippen molar-refractivity contribution in [1.82, 2.24) is 4.90 Å². The number of carbonyl (C=O) groups is 1. The first-order valence-corrected chi connectivity index (χ1v) is 8.01. The minimum absolute atomic E-state index is 0.0225. The van der Waals surface area contributed by atoms with E-state index in [1.807, 2.05) is 24.4 Å². The Morgan fingerprint density at radius 3 is 2.85 bits per heavy atom. The van der Waals surface area contributed by atoms with E-state index in [2.05, 4.69) is 15.9 Å². The molecule has 1 heterocycles. The highest BCUT2D eigenvalue weighted by molar-refractivity contribution is 9.10. The van der Waals surface area contributed by atoms with E-state index < -0.39 is 0 Å². The van der Waals surface area contributed by atoms with Crippen molar-refractivity contribution in [3.05, 3.63) is 56.4 Å². The maximum atomic E-state index is 13.8. The smallest absolute Gasteiger partial charge is 0.228 e. The lowest BCUT2D eigenvalue weighted by Crippen LogP contribution is -2.31. The van der Waals surface area contributed by atoms with Gasteiger partial charge in [0.2, 0.25) is 5.91 Å². The van der Waals surface area contributed by atoms with Crippen LogP contribution in [0.2, 0.25) is 0 Å². The van der Waals surface area contributed by atoms with Crippen molar-refractivity contribution in [3.63, 3.8) is 0 Å². The van der Waals surface area contributed by atoms with E-state index >= 15 is 0 Å². The number of amides is 1. The Bertz CT molecular complexity index is 586. The fourth-order valence-corrected chi connectivity index (χ4v) is 3.02. The zero-order valence-corrected chi connectivity index (χ0v) is 13.5. The average Bonchev–Trinajstić information content (AvgIpc) is 2.92. The van der Waals surface area contributed by atoms with Crippen LogP contribution in [0, 0.1) is 5.82 Å². The van der Waals surface area contributed by atoms with Gasteiger partial charge in [-0.05, 0) is 36.6 Å². The van der Waals surface area contributed by atoms with E-state index in [0.717, 1.165) is 9.35 Å². The topological polar surface area (TPSA) is 20.3 Å². The maximum absolute atomic E-state index is 13.8. The first kappa shape index (κ1) is 15.2. The lowest BCUT2D eigenvalue weighted by atomic mass is 10.2. The second-order valence-electron chi connectivity index (χ2n) is 4.40. The number of nitrogens with zero attached hydrogens (tertiary/aromatic N) is 1. The number of rotatable bonds is 5. The van der Waals surface area contributed by atoms with E-state index in [9.17, 15) is 9.18 Å². The Morgan fingerprint density at radius 1 is 1.40 bits per heavy atom. The fraction of sp³-hybridized carbons (Fsp3) is 0.267. The Hall–Kier alpha value is -1.20. The molecule has 1 aromatic carbocycles. The number of halogens is 2. The summed E-state index contributed by atoms with van der Waals surface area (Å²) in [5.41, 5.74) is 0.528. The van der Waals surface area contributed by atoms with Crippen LogP contribution in [0.3, 0.4) is 0 Å². The van der Waals surface area contributed by atoms with E-state index in [1.54, 1.807) is 28.4 Å². The molecule has 0 fully saturated rings. The summed E-state index contributed by atoms with van der Waals surface area (Å²) in [7, 11) is 0. The molecule has 106 valence electrons. The van der Waals surface area contributed by atoms with E-state index in [0.29, 0.717) is 25.1 Å². The number of hydrogen-bond acceptors (Lipinski definition) is 2. The second kappa shape index (κ2) is 6.99. The minimum Gasteiger partial charge on any atom is -0.338 e. The molecule has 1 aromatic heterocycles. The van der Waals surface area contributed by atoms with Gasteiger partial charge in [0.15, 0.2) is 0 Å². The third-order valence-corrected chi connectivity index (χ3v) is 4.38. The number of likely N-dealkylation sites (N-methyl/N-ethyl adjacent to an activating group) is 1. The summed E-state index contributed by atoms with van der Waals surface area (Å²) in [6.45, 7) is 2.77. The van der Waals surface area contributed by atoms with Crippen molar-refractivity contribution < 1.29 is 9.18 Å². The monoisotopic (exact) mass is 355 g/mol. The second-order valence-corrected chi connectivity index (χ2v) is 6.35. The van der Waals surface area contributed by atoms with Gasteiger partial charge < -0.3 is 4.90 Å². The molecule has 20 heavy (non-hydrogen) atoms. The average molecular weight is 356 g/mol. The molecule has 2 aromatic rings. The zero-order chi connectivity index (χ0) is 14.5. The molecule has 2 rings (SSSR count). The van der Waals surface area contributed by atoms with Crippen molar-refractivity contribution >= 4 is 33.2 Å². The predicted molar refractivity (Wildman–Crippen MR) is 83.2 cm³/mol. The number of hydrogen-bond donors (Lipinski definition) is 0. The van der Waals surface area contributed by atoms with Gasteiger partial charge in [-0.15, -0.1) is 11.3 Å². The largest absolute Gasteiger partial charge is 0.338 e. The summed E-state index contributed by atoms with van der Waals surface area (Å²) in [5, 5.41) is 1.95. The molecule has 0 bridgehead atoms. The van der Waals surface area contributed by atoms with Gasteiger partial charge in [-0.2, -0.15) is 0 Å². The molecule has 2 nitrogen and oxygen atoms in total. The summed E-state index contributed by atoms with van der Waals surface area (Å²) in [6.07, 6.45) is 0.376. The van der Waals surface area contributed by atoms with Crippen LogP contribution in [0.1, 0.15) is 17.4 Å². The molecule has 0 aliphatic rings. The van der Waals surface area contributed by atoms with E-state index in [-0.39, 0.29) is 11.7 Å². The Labute approximate surface area is 130 Å². The molecule has 1 amide bonds. The molecule has 5 heteroatoms. The molecule has 0 aliphatic heterocycles. The number of thiophene rings is 1. The fourth-order valence-electron chi connectivity index (χ4n) is 1.92. The molecule has 0 N–H and O–H groups in total. The third kappa shape index (κ3) is 3.90. The van der Waals surface area contributed by atoms with Gasteiger partial charge in [0.25, 0.3) is 0 Å². The summed E-state index contributed by atoms with van der Waals surface area (Å²) in [6, 6.07) is 8.66. The van der Waals surface area contributed by atoms with Crippen LogP contribution in [0.5, 0.6) is 0 Å². The molecule has 0 aliphatic carbocycles. The van der Waals surface area contributed by atoms with E-state index in [1.165, 1.54) is 6.07 Å². The quantitative estimate of drug-likeness (QED) is 0.785. The first-order valence-electron chi connectivity index (χ1n) is 6.34. The van der Waals surface area contributed by atoms with Gasteiger partial charge in [-0.1, -0.05) is 22.0 Å². The molecule has 0 atom stereocenters. The zero-order valence-electron chi connectivity index (χ0n) is 11.1. The highest BCUT2D eigenvalue weighted by atomic mass is 79.9. The minimum atomic E-state index is -0.282. The molecule has 0 unspecified atom stereocenters. The highest BCUT2D eigenvalue weighted by Gasteiger charge is 2.15. The molecule has 0 saturated carbocycles. The lowest BCUT2D eigenvalue weighted by molar-refractivity contribution is -0.130. The molecule has 0 radical (unpaired) electrons. The summed E-state index contributed by atoms with van der Waals surface area (Å²) in [4.78, 5) is 14.9. The van der Waals surface area contributed by atoms with Crippen LogP contribution < -0.4 is 0 Å². The Morgan fingerprint density at radius 2 is 2.20 bits per heavy atom. The van der Waals surface area contributed by atoms with E-state index in [4.69, 9.17) is 0 Å². The normalized spacial score (nSPS) is 10.6. The van der Waals surface area contributed by atoms with Crippen molar-refractivity contribution in [2.45, 2.75) is 19.9 Å².